The summed E-state index contributed by atoms with van der Waals surface area (Å²) in [6.45, 7) is 1.02. The SMILES string of the molecule is CN(CC1(N(C)C)CCC1)c1c(F)cc(CCN)cc1F. The molecule has 1 aliphatic carbocycles. The number of likely N-dealkylation sites (N-methyl/N-ethyl adjacent to an activating group) is 2. The highest BCUT2D eigenvalue weighted by Crippen LogP contribution is 2.38. The number of benzene rings is 1. The number of hydrogen-bond acceptors (Lipinski definition) is 3. The van der Waals surface area contributed by atoms with Crippen molar-refractivity contribution >= 4 is 5.69 Å². The van der Waals surface area contributed by atoms with E-state index in [1.54, 1.807) is 11.9 Å². The van der Waals surface area contributed by atoms with Gasteiger partial charge in [-0.1, -0.05) is 0 Å². The zero-order valence-corrected chi connectivity index (χ0v) is 13.1. The average Bonchev–Trinajstić information content (AvgIpc) is 2.32. The summed E-state index contributed by atoms with van der Waals surface area (Å²) in [5, 5.41) is 0. The predicted molar refractivity (Wildman–Crippen MR) is 82.7 cm³/mol. The zero-order valence-electron chi connectivity index (χ0n) is 13.1. The van der Waals surface area contributed by atoms with Gasteiger partial charge in [0.15, 0.2) is 0 Å². The number of anilines is 1. The topological polar surface area (TPSA) is 32.5 Å². The second-order valence-corrected chi connectivity index (χ2v) is 6.28. The molecule has 0 heterocycles. The van der Waals surface area contributed by atoms with Crippen molar-refractivity contribution in [1.29, 1.82) is 0 Å². The lowest BCUT2D eigenvalue weighted by Gasteiger charge is -2.49. The molecule has 1 aromatic carbocycles. The largest absolute Gasteiger partial charge is 0.368 e. The molecule has 2 N–H and O–H groups in total. The van der Waals surface area contributed by atoms with Crippen molar-refractivity contribution in [3.05, 3.63) is 29.3 Å². The van der Waals surface area contributed by atoms with Gasteiger partial charge in [0.05, 0.1) is 0 Å². The predicted octanol–water partition coefficient (Wildman–Crippen LogP) is 2.39. The molecule has 0 atom stereocenters. The molecule has 0 amide bonds. The molecule has 0 saturated heterocycles. The molecule has 1 saturated carbocycles. The lowest BCUT2D eigenvalue weighted by atomic mass is 9.75. The van der Waals surface area contributed by atoms with E-state index in [1.807, 2.05) is 14.1 Å². The Labute approximate surface area is 125 Å². The van der Waals surface area contributed by atoms with Crippen molar-refractivity contribution in [1.82, 2.24) is 4.90 Å². The van der Waals surface area contributed by atoms with E-state index < -0.39 is 11.6 Å². The number of halogens is 2. The fourth-order valence-corrected chi connectivity index (χ4v) is 3.15. The molecule has 5 heteroatoms. The van der Waals surface area contributed by atoms with Crippen molar-refractivity contribution in [3.63, 3.8) is 0 Å². The van der Waals surface area contributed by atoms with Crippen molar-refractivity contribution in [2.24, 2.45) is 5.73 Å². The third-order valence-corrected chi connectivity index (χ3v) is 4.66. The molecule has 1 aromatic rings. The minimum absolute atomic E-state index is 0.0313. The molecule has 1 fully saturated rings. The highest BCUT2D eigenvalue weighted by atomic mass is 19.1. The highest BCUT2D eigenvalue weighted by molar-refractivity contribution is 5.50. The summed E-state index contributed by atoms with van der Waals surface area (Å²) in [6.07, 6.45) is 3.80. The van der Waals surface area contributed by atoms with Crippen LogP contribution in [0.2, 0.25) is 0 Å². The first-order valence-corrected chi connectivity index (χ1v) is 7.46. The van der Waals surface area contributed by atoms with Gasteiger partial charge in [-0.2, -0.15) is 0 Å². The molecule has 1 aliphatic rings. The third-order valence-electron chi connectivity index (χ3n) is 4.66. The van der Waals surface area contributed by atoms with E-state index in [0.29, 0.717) is 25.1 Å². The molecule has 21 heavy (non-hydrogen) atoms. The van der Waals surface area contributed by atoms with Crippen LogP contribution in [0.4, 0.5) is 14.5 Å². The molecule has 2 rings (SSSR count). The second-order valence-electron chi connectivity index (χ2n) is 6.28. The van der Waals surface area contributed by atoms with Crippen LogP contribution in [-0.2, 0) is 6.42 Å². The molecule has 118 valence electrons. The van der Waals surface area contributed by atoms with Crippen LogP contribution in [0, 0.1) is 11.6 Å². The van der Waals surface area contributed by atoms with Crippen LogP contribution >= 0.6 is 0 Å². The third kappa shape index (κ3) is 3.19. The Morgan fingerprint density at radius 2 is 1.71 bits per heavy atom. The summed E-state index contributed by atoms with van der Waals surface area (Å²) in [5.41, 5.74) is 6.14. The van der Waals surface area contributed by atoms with Gasteiger partial charge < -0.3 is 15.5 Å². The maximum atomic E-state index is 14.2. The Kier molecular flexibility index (Phi) is 4.84. The van der Waals surface area contributed by atoms with Gasteiger partial charge in [0.1, 0.15) is 17.3 Å². The zero-order chi connectivity index (χ0) is 15.6. The minimum atomic E-state index is -0.505. The summed E-state index contributed by atoms with van der Waals surface area (Å²) in [7, 11) is 5.82. The summed E-state index contributed by atoms with van der Waals surface area (Å²) in [6, 6.07) is 2.79. The number of nitrogens with zero attached hydrogens (tertiary/aromatic N) is 2. The molecular weight excluding hydrogens is 272 g/mol. The first-order chi connectivity index (χ1) is 9.89. The van der Waals surface area contributed by atoms with Crippen LogP contribution in [0.1, 0.15) is 24.8 Å². The maximum absolute atomic E-state index is 14.2. The van der Waals surface area contributed by atoms with Crippen molar-refractivity contribution in [2.75, 3.05) is 39.1 Å². The van der Waals surface area contributed by atoms with Crippen molar-refractivity contribution < 1.29 is 8.78 Å². The summed E-state index contributed by atoms with van der Waals surface area (Å²) >= 11 is 0. The summed E-state index contributed by atoms with van der Waals surface area (Å²) < 4.78 is 28.5. The Morgan fingerprint density at radius 3 is 2.10 bits per heavy atom. The number of nitrogens with two attached hydrogens (primary N) is 1. The molecule has 3 nitrogen and oxygen atoms in total. The molecule has 0 aliphatic heterocycles. The quantitative estimate of drug-likeness (QED) is 0.875. The standard InChI is InChI=1S/C16H25F2N3/c1-20(2)16(6-4-7-16)11-21(3)15-13(17)9-12(5-8-19)10-14(15)18/h9-10H,4-8,11,19H2,1-3H3. The Hall–Kier alpha value is -1.20. The molecular formula is C16H25F2N3. The van der Waals surface area contributed by atoms with E-state index in [4.69, 9.17) is 5.73 Å². The lowest BCUT2D eigenvalue weighted by molar-refractivity contribution is 0.0681. The van der Waals surface area contributed by atoms with Crippen LogP contribution in [0.15, 0.2) is 12.1 Å². The second kappa shape index (κ2) is 6.28. The fourth-order valence-electron chi connectivity index (χ4n) is 3.15. The Morgan fingerprint density at radius 1 is 1.14 bits per heavy atom. The molecule has 0 bridgehead atoms. The van der Waals surface area contributed by atoms with Crippen LogP contribution < -0.4 is 10.6 Å². The van der Waals surface area contributed by atoms with Crippen LogP contribution in [0.5, 0.6) is 0 Å². The highest BCUT2D eigenvalue weighted by Gasteiger charge is 2.40. The van der Waals surface area contributed by atoms with Crippen LogP contribution in [0.25, 0.3) is 0 Å². The van der Waals surface area contributed by atoms with E-state index in [2.05, 4.69) is 4.90 Å². The first-order valence-electron chi connectivity index (χ1n) is 7.46. The Bertz CT molecular complexity index is 475. The molecule has 0 unspecified atom stereocenters. The summed E-state index contributed by atoms with van der Waals surface area (Å²) in [5.74, 6) is -1.01. The van der Waals surface area contributed by atoms with Crippen molar-refractivity contribution in [3.8, 4) is 0 Å². The van der Waals surface area contributed by atoms with Gasteiger partial charge in [0, 0.05) is 19.1 Å². The summed E-state index contributed by atoms with van der Waals surface area (Å²) in [4.78, 5) is 3.88. The van der Waals surface area contributed by atoms with Gasteiger partial charge in [-0.25, -0.2) is 8.78 Å². The van der Waals surface area contributed by atoms with Crippen LogP contribution in [-0.4, -0.2) is 44.7 Å². The van der Waals surface area contributed by atoms with E-state index in [1.165, 1.54) is 18.6 Å². The average molecular weight is 297 g/mol. The van der Waals surface area contributed by atoms with Gasteiger partial charge in [-0.3, -0.25) is 0 Å². The van der Waals surface area contributed by atoms with E-state index >= 15 is 0 Å². The molecule has 0 spiro atoms. The number of rotatable bonds is 6. The number of hydrogen-bond donors (Lipinski definition) is 1. The fraction of sp³-hybridized carbons (Fsp3) is 0.625. The van der Waals surface area contributed by atoms with E-state index in [0.717, 1.165) is 12.8 Å². The van der Waals surface area contributed by atoms with Gasteiger partial charge in [-0.15, -0.1) is 0 Å². The smallest absolute Gasteiger partial charge is 0.149 e. The maximum Gasteiger partial charge on any atom is 0.149 e. The van der Waals surface area contributed by atoms with E-state index in [9.17, 15) is 8.78 Å². The van der Waals surface area contributed by atoms with Gasteiger partial charge in [0.25, 0.3) is 0 Å². The lowest BCUT2D eigenvalue weighted by Crippen LogP contribution is -2.57. The van der Waals surface area contributed by atoms with Gasteiger partial charge in [-0.05, 0) is 64.0 Å². The minimum Gasteiger partial charge on any atom is -0.368 e. The monoisotopic (exact) mass is 297 g/mol. The van der Waals surface area contributed by atoms with E-state index in [-0.39, 0.29) is 11.2 Å². The Balaban J connectivity index is 2.21. The van der Waals surface area contributed by atoms with Crippen LogP contribution in [0.3, 0.4) is 0 Å². The molecule has 0 radical (unpaired) electrons. The molecule has 0 aromatic heterocycles. The first kappa shape index (κ1) is 16.2. The van der Waals surface area contributed by atoms with Gasteiger partial charge >= 0.3 is 0 Å². The van der Waals surface area contributed by atoms with Crippen molar-refractivity contribution in [2.45, 2.75) is 31.2 Å². The normalized spacial score (nSPS) is 16.9. The van der Waals surface area contributed by atoms with Gasteiger partial charge in [0.2, 0.25) is 0 Å².